The summed E-state index contributed by atoms with van der Waals surface area (Å²) < 4.78 is 15.6. The van der Waals surface area contributed by atoms with Crippen LogP contribution < -0.4 is 10.1 Å². The summed E-state index contributed by atoms with van der Waals surface area (Å²) in [6.07, 6.45) is 0.267. The van der Waals surface area contributed by atoms with Gasteiger partial charge in [-0.1, -0.05) is 11.6 Å². The number of nitrogens with zero attached hydrogens (tertiary/aromatic N) is 1. The van der Waals surface area contributed by atoms with Crippen molar-refractivity contribution in [2.75, 3.05) is 12.4 Å². The summed E-state index contributed by atoms with van der Waals surface area (Å²) in [5, 5.41) is 3.21. The average molecular weight is 389 g/mol. The molecule has 0 bridgehead atoms. The number of aromatic nitrogens is 1. The molecule has 1 unspecified atom stereocenters. The van der Waals surface area contributed by atoms with Crippen molar-refractivity contribution in [2.45, 2.75) is 20.0 Å². The number of carbonyl (C=O) groups excluding carboxylic acids is 2. The van der Waals surface area contributed by atoms with Gasteiger partial charge in [-0.15, -0.1) is 0 Å². The zero-order chi connectivity index (χ0) is 19.6. The lowest BCUT2D eigenvalue weighted by molar-refractivity contribution is -0.123. The number of fused-ring (bicyclic) bond motifs is 1. The second-order valence-electron chi connectivity index (χ2n) is 5.87. The van der Waals surface area contributed by atoms with Crippen LogP contribution in [0.4, 0.5) is 5.69 Å². The van der Waals surface area contributed by atoms with E-state index in [0.717, 1.165) is 5.56 Å². The van der Waals surface area contributed by atoms with Crippen LogP contribution in [0.2, 0.25) is 5.02 Å². The van der Waals surface area contributed by atoms with Gasteiger partial charge < -0.3 is 19.2 Å². The Bertz CT molecular complexity index is 1010. The molecule has 0 spiro atoms. The number of amides is 1. The first-order valence-corrected chi connectivity index (χ1v) is 8.46. The van der Waals surface area contributed by atoms with Gasteiger partial charge in [0.15, 0.2) is 18.1 Å². The molecule has 8 heteroatoms. The molecule has 0 aliphatic rings. The summed E-state index contributed by atoms with van der Waals surface area (Å²) in [5.74, 6) is -0.721. The van der Waals surface area contributed by atoms with Crippen LogP contribution in [0.15, 0.2) is 41.1 Å². The number of benzene rings is 2. The lowest BCUT2D eigenvalue weighted by Gasteiger charge is -2.16. The van der Waals surface area contributed by atoms with Crippen LogP contribution in [0.3, 0.4) is 0 Å². The van der Waals surface area contributed by atoms with Crippen molar-refractivity contribution in [1.82, 2.24) is 4.98 Å². The van der Waals surface area contributed by atoms with Gasteiger partial charge in [0.25, 0.3) is 5.91 Å². The van der Waals surface area contributed by atoms with E-state index in [4.69, 9.17) is 25.5 Å². The Labute approximate surface area is 160 Å². The van der Waals surface area contributed by atoms with Gasteiger partial charge >= 0.3 is 5.97 Å². The maximum absolute atomic E-state index is 12.4. The summed E-state index contributed by atoms with van der Waals surface area (Å²) in [6.45, 7) is 3.29. The molecule has 2 aromatic carbocycles. The summed E-state index contributed by atoms with van der Waals surface area (Å²) in [7, 11) is 1.47. The number of rotatable bonds is 5. The maximum Gasteiger partial charge on any atom is 0.338 e. The van der Waals surface area contributed by atoms with Crippen molar-refractivity contribution in [1.29, 1.82) is 0 Å². The Balaban J connectivity index is 1.70. The van der Waals surface area contributed by atoms with E-state index in [0.29, 0.717) is 27.6 Å². The van der Waals surface area contributed by atoms with E-state index in [2.05, 4.69) is 10.3 Å². The molecule has 140 valence electrons. The highest BCUT2D eigenvalue weighted by Gasteiger charge is 2.21. The zero-order valence-electron chi connectivity index (χ0n) is 14.9. The molecule has 1 atom stereocenters. The lowest BCUT2D eigenvalue weighted by Crippen LogP contribution is -2.30. The van der Waals surface area contributed by atoms with E-state index in [1.807, 2.05) is 0 Å². The number of hydrogen-bond acceptors (Lipinski definition) is 6. The topological polar surface area (TPSA) is 90.7 Å². The zero-order valence-corrected chi connectivity index (χ0v) is 15.7. The fourth-order valence-corrected chi connectivity index (χ4v) is 2.58. The van der Waals surface area contributed by atoms with Crippen LogP contribution in [0.1, 0.15) is 22.8 Å². The van der Waals surface area contributed by atoms with Gasteiger partial charge in [0.1, 0.15) is 11.3 Å². The molecule has 0 fully saturated rings. The molecule has 0 saturated heterocycles. The van der Waals surface area contributed by atoms with Crippen LogP contribution in [-0.2, 0) is 9.53 Å². The Kier molecular flexibility index (Phi) is 5.32. The predicted molar refractivity (Wildman–Crippen MR) is 100 cm³/mol. The molecular formula is C19H17ClN2O5. The van der Waals surface area contributed by atoms with E-state index in [-0.39, 0.29) is 5.56 Å². The van der Waals surface area contributed by atoms with Crippen molar-refractivity contribution in [3.63, 3.8) is 0 Å². The number of nitrogens with one attached hydrogen (secondary N) is 1. The molecular weight excluding hydrogens is 372 g/mol. The fraction of sp³-hybridized carbons (Fsp3) is 0.211. The Hall–Kier alpha value is -3.06. The average Bonchev–Trinajstić information content (AvgIpc) is 3.12. The van der Waals surface area contributed by atoms with Crippen LogP contribution >= 0.6 is 11.6 Å². The number of methoxy groups -OCH3 is 1. The van der Waals surface area contributed by atoms with E-state index in [9.17, 15) is 9.59 Å². The summed E-state index contributed by atoms with van der Waals surface area (Å²) >= 11 is 6.06. The standard InChI is InChI=1S/C19H17ClN2O5/c1-10-6-15(17(25-3)8-13(10)20)22-18(23)11(2)27-19(24)12-4-5-16-14(7-12)21-9-26-16/h4-9,11H,1-3H3,(H,22,23). The molecule has 0 radical (unpaired) electrons. The molecule has 7 nitrogen and oxygen atoms in total. The van der Waals surface area contributed by atoms with E-state index < -0.39 is 18.0 Å². The molecule has 27 heavy (non-hydrogen) atoms. The van der Waals surface area contributed by atoms with Crippen molar-refractivity contribution in [3.8, 4) is 5.75 Å². The van der Waals surface area contributed by atoms with Crippen LogP contribution in [-0.4, -0.2) is 30.1 Å². The monoisotopic (exact) mass is 388 g/mol. The third-order valence-electron chi connectivity index (χ3n) is 3.96. The molecule has 3 aromatic rings. The summed E-state index contributed by atoms with van der Waals surface area (Å²) in [6, 6.07) is 8.00. The molecule has 0 aliphatic carbocycles. The minimum absolute atomic E-state index is 0.274. The summed E-state index contributed by atoms with van der Waals surface area (Å²) in [4.78, 5) is 28.7. The van der Waals surface area contributed by atoms with Crippen LogP contribution in [0, 0.1) is 6.92 Å². The second-order valence-corrected chi connectivity index (χ2v) is 6.28. The number of halogens is 1. The van der Waals surface area contributed by atoms with E-state index in [1.165, 1.54) is 26.5 Å². The fourth-order valence-electron chi connectivity index (χ4n) is 2.43. The van der Waals surface area contributed by atoms with Crippen molar-refractivity contribution in [3.05, 3.63) is 52.9 Å². The van der Waals surface area contributed by atoms with Gasteiger partial charge in [0, 0.05) is 11.1 Å². The highest BCUT2D eigenvalue weighted by Crippen LogP contribution is 2.31. The molecule has 1 N–H and O–H groups in total. The van der Waals surface area contributed by atoms with Gasteiger partial charge in [-0.25, -0.2) is 9.78 Å². The third kappa shape index (κ3) is 4.03. The van der Waals surface area contributed by atoms with Gasteiger partial charge in [0.05, 0.1) is 18.4 Å². The number of ether oxygens (including phenoxy) is 2. The highest BCUT2D eigenvalue weighted by atomic mass is 35.5. The maximum atomic E-state index is 12.4. The Morgan fingerprint density at radius 3 is 2.78 bits per heavy atom. The first kappa shape index (κ1) is 18.7. The highest BCUT2D eigenvalue weighted by molar-refractivity contribution is 6.31. The van der Waals surface area contributed by atoms with Gasteiger partial charge in [-0.3, -0.25) is 4.79 Å². The molecule has 1 heterocycles. The number of carbonyl (C=O) groups is 2. The van der Waals surface area contributed by atoms with Crippen molar-refractivity contribution >= 4 is 40.3 Å². The van der Waals surface area contributed by atoms with Crippen LogP contribution in [0.5, 0.6) is 5.75 Å². The molecule has 1 amide bonds. The van der Waals surface area contributed by atoms with Gasteiger partial charge in [-0.05, 0) is 43.7 Å². The molecule has 0 saturated carbocycles. The number of anilines is 1. The van der Waals surface area contributed by atoms with E-state index >= 15 is 0 Å². The second kappa shape index (κ2) is 7.67. The number of esters is 1. The molecule has 1 aromatic heterocycles. The van der Waals surface area contributed by atoms with Crippen molar-refractivity contribution in [2.24, 2.45) is 0 Å². The quantitative estimate of drug-likeness (QED) is 0.665. The van der Waals surface area contributed by atoms with Crippen LogP contribution in [0.25, 0.3) is 11.1 Å². The first-order valence-electron chi connectivity index (χ1n) is 8.08. The SMILES string of the molecule is COc1cc(Cl)c(C)cc1NC(=O)C(C)OC(=O)c1ccc2ocnc2c1. The predicted octanol–water partition coefficient (Wildman–Crippen LogP) is 3.98. The summed E-state index contributed by atoms with van der Waals surface area (Å²) in [5.41, 5.74) is 2.58. The lowest BCUT2D eigenvalue weighted by atomic mass is 10.2. The first-order chi connectivity index (χ1) is 12.9. The minimum atomic E-state index is -1.02. The number of oxazole rings is 1. The normalized spacial score (nSPS) is 11.9. The number of hydrogen-bond donors (Lipinski definition) is 1. The third-order valence-corrected chi connectivity index (χ3v) is 4.36. The molecule has 0 aliphatic heterocycles. The van der Waals surface area contributed by atoms with E-state index in [1.54, 1.807) is 31.2 Å². The van der Waals surface area contributed by atoms with Gasteiger partial charge in [-0.2, -0.15) is 0 Å². The smallest absolute Gasteiger partial charge is 0.338 e. The molecule has 3 rings (SSSR count). The Morgan fingerprint density at radius 2 is 2.04 bits per heavy atom. The minimum Gasteiger partial charge on any atom is -0.495 e. The van der Waals surface area contributed by atoms with Gasteiger partial charge in [0.2, 0.25) is 0 Å². The van der Waals surface area contributed by atoms with Crippen molar-refractivity contribution < 1.29 is 23.5 Å². The Morgan fingerprint density at radius 1 is 1.26 bits per heavy atom. The number of aryl methyl sites for hydroxylation is 1. The largest absolute Gasteiger partial charge is 0.495 e.